The standard InChI is InChI=1S/C16H13BrClFN2O2/c1-10-6-13(3-4-14(10)18)23-9-16(22)21-20-8-11-7-12(17)2-5-15(11)19/h2-8H,9H2,1H3,(H,21,22)/b20-8-. The molecule has 0 aliphatic rings. The van der Waals surface area contributed by atoms with E-state index in [1.165, 1.54) is 12.3 Å². The van der Waals surface area contributed by atoms with Crippen LogP contribution < -0.4 is 10.2 Å². The third-order valence-corrected chi connectivity index (χ3v) is 3.77. The highest BCUT2D eigenvalue weighted by Gasteiger charge is 2.04. The second-order valence-corrected chi connectivity index (χ2v) is 5.98. The Labute approximate surface area is 146 Å². The molecule has 0 heterocycles. The van der Waals surface area contributed by atoms with Crippen LogP contribution in [0.5, 0.6) is 5.75 Å². The lowest BCUT2D eigenvalue weighted by Gasteiger charge is -2.06. The second kappa shape index (κ2) is 8.08. The van der Waals surface area contributed by atoms with E-state index in [0.717, 1.165) is 5.56 Å². The number of benzene rings is 2. The van der Waals surface area contributed by atoms with Gasteiger partial charge in [0.25, 0.3) is 5.91 Å². The monoisotopic (exact) mass is 398 g/mol. The lowest BCUT2D eigenvalue weighted by molar-refractivity contribution is -0.123. The van der Waals surface area contributed by atoms with E-state index in [2.05, 4.69) is 26.5 Å². The van der Waals surface area contributed by atoms with Crippen molar-refractivity contribution in [1.82, 2.24) is 5.43 Å². The molecule has 7 heteroatoms. The molecule has 2 aromatic rings. The number of nitrogens with one attached hydrogen (secondary N) is 1. The van der Waals surface area contributed by atoms with E-state index in [4.69, 9.17) is 16.3 Å². The molecule has 1 N–H and O–H groups in total. The van der Waals surface area contributed by atoms with Gasteiger partial charge in [-0.3, -0.25) is 4.79 Å². The summed E-state index contributed by atoms with van der Waals surface area (Å²) in [6.07, 6.45) is 1.23. The quantitative estimate of drug-likeness (QED) is 0.608. The summed E-state index contributed by atoms with van der Waals surface area (Å²) in [5.41, 5.74) is 3.38. The smallest absolute Gasteiger partial charge is 0.277 e. The van der Waals surface area contributed by atoms with Crippen molar-refractivity contribution in [2.75, 3.05) is 6.61 Å². The lowest BCUT2D eigenvalue weighted by Crippen LogP contribution is -2.24. The molecule has 0 unspecified atom stereocenters. The molecule has 1 amide bonds. The first-order valence-corrected chi connectivity index (χ1v) is 7.78. The Morgan fingerprint density at radius 3 is 2.91 bits per heavy atom. The van der Waals surface area contributed by atoms with Crippen LogP contribution in [0.15, 0.2) is 46.0 Å². The molecular weight excluding hydrogens is 387 g/mol. The van der Waals surface area contributed by atoms with Gasteiger partial charge in [-0.2, -0.15) is 5.10 Å². The van der Waals surface area contributed by atoms with E-state index in [1.807, 2.05) is 6.92 Å². The molecule has 0 aromatic heterocycles. The number of halogens is 3. The number of hydrazone groups is 1. The number of nitrogens with zero attached hydrogens (tertiary/aromatic N) is 1. The molecule has 0 saturated carbocycles. The summed E-state index contributed by atoms with van der Waals surface area (Å²) in [6, 6.07) is 9.53. The van der Waals surface area contributed by atoms with Crippen LogP contribution in [-0.4, -0.2) is 18.7 Å². The Morgan fingerprint density at radius 1 is 1.39 bits per heavy atom. The normalized spacial score (nSPS) is 10.8. The molecule has 0 aliphatic carbocycles. The van der Waals surface area contributed by atoms with Crippen molar-refractivity contribution in [1.29, 1.82) is 0 Å². The van der Waals surface area contributed by atoms with Crippen molar-refractivity contribution < 1.29 is 13.9 Å². The van der Waals surface area contributed by atoms with Crippen molar-refractivity contribution in [2.24, 2.45) is 5.10 Å². The number of rotatable bonds is 5. The fourth-order valence-electron chi connectivity index (χ4n) is 1.68. The van der Waals surface area contributed by atoms with Gasteiger partial charge >= 0.3 is 0 Å². The van der Waals surface area contributed by atoms with Crippen LogP contribution in [0.1, 0.15) is 11.1 Å². The number of amides is 1. The average Bonchev–Trinajstić information content (AvgIpc) is 2.52. The van der Waals surface area contributed by atoms with Crippen LogP contribution in [0.4, 0.5) is 4.39 Å². The number of aryl methyl sites for hydroxylation is 1. The highest BCUT2D eigenvalue weighted by molar-refractivity contribution is 9.10. The summed E-state index contributed by atoms with van der Waals surface area (Å²) in [7, 11) is 0. The maximum absolute atomic E-state index is 13.5. The van der Waals surface area contributed by atoms with E-state index in [-0.39, 0.29) is 12.2 Å². The Kier molecular flexibility index (Phi) is 6.12. The fraction of sp³-hybridized carbons (Fsp3) is 0.125. The molecule has 0 spiro atoms. The fourth-order valence-corrected chi connectivity index (χ4v) is 2.17. The van der Waals surface area contributed by atoms with Crippen LogP contribution in [0.3, 0.4) is 0 Å². The van der Waals surface area contributed by atoms with E-state index in [9.17, 15) is 9.18 Å². The first kappa shape index (κ1) is 17.4. The molecule has 2 rings (SSSR count). The Bertz CT molecular complexity index is 753. The third-order valence-electron chi connectivity index (χ3n) is 2.85. The summed E-state index contributed by atoms with van der Waals surface area (Å²) in [4.78, 5) is 11.6. The molecule has 0 fully saturated rings. The van der Waals surface area contributed by atoms with E-state index >= 15 is 0 Å². The van der Waals surface area contributed by atoms with Gasteiger partial charge in [-0.1, -0.05) is 27.5 Å². The Hall–Kier alpha value is -1.92. The van der Waals surface area contributed by atoms with Gasteiger partial charge in [0.15, 0.2) is 6.61 Å². The largest absolute Gasteiger partial charge is 0.484 e. The number of hydrogen-bond acceptors (Lipinski definition) is 3. The Balaban J connectivity index is 1.86. The van der Waals surface area contributed by atoms with Gasteiger partial charge < -0.3 is 4.74 Å². The molecular formula is C16H13BrClFN2O2. The van der Waals surface area contributed by atoms with Crippen molar-refractivity contribution >= 4 is 39.7 Å². The summed E-state index contributed by atoms with van der Waals surface area (Å²) in [5.74, 6) is -0.354. The minimum absolute atomic E-state index is 0.209. The van der Waals surface area contributed by atoms with Gasteiger partial charge in [-0.05, 0) is 48.9 Å². The maximum Gasteiger partial charge on any atom is 0.277 e. The number of hydrogen-bond donors (Lipinski definition) is 1. The van der Waals surface area contributed by atoms with Crippen LogP contribution in [0.2, 0.25) is 5.02 Å². The van der Waals surface area contributed by atoms with Gasteiger partial charge in [0.05, 0.1) is 6.21 Å². The predicted octanol–water partition coefficient (Wildman–Crippen LogP) is 4.08. The molecule has 120 valence electrons. The number of carbonyl (C=O) groups is 1. The topological polar surface area (TPSA) is 50.7 Å². The molecule has 4 nitrogen and oxygen atoms in total. The Morgan fingerprint density at radius 2 is 2.17 bits per heavy atom. The summed E-state index contributed by atoms with van der Waals surface area (Å²) >= 11 is 9.14. The van der Waals surface area contributed by atoms with Crippen LogP contribution in [0.25, 0.3) is 0 Å². The highest BCUT2D eigenvalue weighted by Crippen LogP contribution is 2.20. The van der Waals surface area contributed by atoms with Crippen LogP contribution in [0, 0.1) is 12.7 Å². The van der Waals surface area contributed by atoms with Crippen molar-refractivity contribution in [2.45, 2.75) is 6.92 Å². The highest BCUT2D eigenvalue weighted by atomic mass is 79.9. The van der Waals surface area contributed by atoms with Crippen molar-refractivity contribution in [3.8, 4) is 5.75 Å². The molecule has 0 aliphatic heterocycles. The first-order chi connectivity index (χ1) is 11.0. The second-order valence-electron chi connectivity index (χ2n) is 4.66. The molecule has 23 heavy (non-hydrogen) atoms. The van der Waals surface area contributed by atoms with Gasteiger partial charge in [0.1, 0.15) is 11.6 Å². The maximum atomic E-state index is 13.5. The lowest BCUT2D eigenvalue weighted by atomic mass is 10.2. The first-order valence-electron chi connectivity index (χ1n) is 6.61. The minimum Gasteiger partial charge on any atom is -0.484 e. The minimum atomic E-state index is -0.454. The van der Waals surface area contributed by atoms with Gasteiger partial charge in [-0.25, -0.2) is 9.82 Å². The zero-order valence-corrected chi connectivity index (χ0v) is 14.5. The average molecular weight is 400 g/mol. The third kappa shape index (κ3) is 5.33. The van der Waals surface area contributed by atoms with Crippen molar-refractivity contribution in [3.63, 3.8) is 0 Å². The van der Waals surface area contributed by atoms with Gasteiger partial charge in [-0.15, -0.1) is 0 Å². The molecule has 0 bridgehead atoms. The molecule has 0 atom stereocenters. The predicted molar refractivity (Wildman–Crippen MR) is 91.5 cm³/mol. The zero-order chi connectivity index (χ0) is 16.8. The molecule has 0 saturated heterocycles. The summed E-state index contributed by atoms with van der Waals surface area (Å²) < 4.78 is 19.5. The van der Waals surface area contributed by atoms with E-state index in [1.54, 1.807) is 30.3 Å². The van der Waals surface area contributed by atoms with Crippen molar-refractivity contribution in [3.05, 3.63) is 62.8 Å². The zero-order valence-electron chi connectivity index (χ0n) is 12.1. The van der Waals surface area contributed by atoms with E-state index in [0.29, 0.717) is 15.2 Å². The molecule has 2 aromatic carbocycles. The van der Waals surface area contributed by atoms with E-state index < -0.39 is 11.7 Å². The number of ether oxygens (including phenoxy) is 1. The summed E-state index contributed by atoms with van der Waals surface area (Å²) in [5, 5.41) is 4.33. The molecule has 0 radical (unpaired) electrons. The van der Waals surface area contributed by atoms with Gasteiger partial charge in [0, 0.05) is 15.1 Å². The number of carbonyl (C=O) groups excluding carboxylic acids is 1. The van der Waals surface area contributed by atoms with Crippen LogP contribution >= 0.6 is 27.5 Å². The van der Waals surface area contributed by atoms with Crippen LogP contribution in [-0.2, 0) is 4.79 Å². The summed E-state index contributed by atoms with van der Waals surface area (Å²) in [6.45, 7) is 1.63. The SMILES string of the molecule is Cc1cc(OCC(=O)N/N=C\c2cc(Br)ccc2F)ccc1Cl. The van der Waals surface area contributed by atoms with Gasteiger partial charge in [0.2, 0.25) is 0 Å².